The molecule has 0 radical (unpaired) electrons. The topological polar surface area (TPSA) is 35.6 Å². The first-order valence-electron chi connectivity index (χ1n) is 7.60. The Morgan fingerprint density at radius 1 is 1.10 bits per heavy atom. The Labute approximate surface area is 119 Å². The van der Waals surface area contributed by atoms with Crippen molar-refractivity contribution in [1.29, 1.82) is 0 Å². The van der Waals surface area contributed by atoms with E-state index in [9.17, 15) is 0 Å². The predicted molar refractivity (Wildman–Crippen MR) is 78.6 cm³/mol. The Bertz CT molecular complexity index is 626. The summed E-state index contributed by atoms with van der Waals surface area (Å²) in [6.45, 7) is 6.03. The van der Waals surface area contributed by atoms with Crippen molar-refractivity contribution in [2.24, 2.45) is 0 Å². The SMILES string of the molecule is C=Cc1cn2c(n1)C(c1cn3c(n1)CCCC3)CCC2. The van der Waals surface area contributed by atoms with E-state index in [2.05, 4.69) is 28.1 Å². The van der Waals surface area contributed by atoms with Crippen LogP contribution in [0.3, 0.4) is 0 Å². The minimum absolute atomic E-state index is 0.357. The molecule has 0 N–H and O–H groups in total. The van der Waals surface area contributed by atoms with Gasteiger partial charge in [0.25, 0.3) is 0 Å². The molecule has 0 fully saturated rings. The minimum atomic E-state index is 0.357. The van der Waals surface area contributed by atoms with Crippen LogP contribution in [0, 0.1) is 0 Å². The van der Waals surface area contributed by atoms with E-state index in [0.29, 0.717) is 5.92 Å². The summed E-state index contributed by atoms with van der Waals surface area (Å²) in [6, 6.07) is 0. The molecule has 4 heterocycles. The standard InChI is InChI=1S/C16H20N4/c1-2-12-10-20-9-5-6-13(16(20)17-12)14-11-19-8-4-3-7-15(19)18-14/h2,10-11,13H,1,3-9H2. The molecule has 104 valence electrons. The molecule has 2 aromatic rings. The molecule has 0 saturated heterocycles. The summed E-state index contributed by atoms with van der Waals surface area (Å²) in [5.41, 5.74) is 2.19. The van der Waals surface area contributed by atoms with Crippen molar-refractivity contribution in [3.05, 3.63) is 42.0 Å². The maximum atomic E-state index is 4.89. The van der Waals surface area contributed by atoms with Crippen molar-refractivity contribution in [3.63, 3.8) is 0 Å². The molecule has 1 atom stereocenters. The smallest absolute Gasteiger partial charge is 0.118 e. The molecule has 0 bridgehead atoms. The largest absolute Gasteiger partial charge is 0.335 e. The lowest BCUT2D eigenvalue weighted by atomic mass is 9.96. The number of hydrogen-bond acceptors (Lipinski definition) is 2. The van der Waals surface area contributed by atoms with E-state index >= 15 is 0 Å². The van der Waals surface area contributed by atoms with Crippen molar-refractivity contribution in [1.82, 2.24) is 19.1 Å². The second kappa shape index (κ2) is 4.62. The van der Waals surface area contributed by atoms with Gasteiger partial charge in [0, 0.05) is 31.9 Å². The molecule has 0 saturated carbocycles. The number of aryl methyl sites for hydroxylation is 3. The average molecular weight is 268 g/mol. The van der Waals surface area contributed by atoms with Crippen LogP contribution in [0.4, 0.5) is 0 Å². The van der Waals surface area contributed by atoms with Crippen LogP contribution in [0.5, 0.6) is 0 Å². The summed E-state index contributed by atoms with van der Waals surface area (Å²) in [6.07, 6.45) is 12.2. The van der Waals surface area contributed by atoms with Crippen LogP contribution in [0.2, 0.25) is 0 Å². The monoisotopic (exact) mass is 268 g/mol. The van der Waals surface area contributed by atoms with Gasteiger partial charge in [-0.25, -0.2) is 9.97 Å². The van der Waals surface area contributed by atoms with Crippen LogP contribution >= 0.6 is 0 Å². The molecule has 0 aliphatic carbocycles. The fourth-order valence-corrected chi connectivity index (χ4v) is 3.48. The molecular formula is C16H20N4. The maximum Gasteiger partial charge on any atom is 0.118 e. The van der Waals surface area contributed by atoms with Crippen LogP contribution in [0.1, 0.15) is 54.6 Å². The first-order chi connectivity index (χ1) is 9.85. The van der Waals surface area contributed by atoms with Crippen LogP contribution in [-0.4, -0.2) is 19.1 Å². The highest BCUT2D eigenvalue weighted by Gasteiger charge is 2.27. The molecular weight excluding hydrogens is 248 g/mol. The van der Waals surface area contributed by atoms with Gasteiger partial charge in [-0.15, -0.1) is 0 Å². The van der Waals surface area contributed by atoms with Gasteiger partial charge < -0.3 is 9.13 Å². The predicted octanol–water partition coefficient (Wildman–Crippen LogP) is 2.98. The third-order valence-corrected chi connectivity index (χ3v) is 4.52. The molecule has 20 heavy (non-hydrogen) atoms. The Morgan fingerprint density at radius 3 is 2.85 bits per heavy atom. The highest BCUT2D eigenvalue weighted by Crippen LogP contribution is 2.33. The van der Waals surface area contributed by atoms with Gasteiger partial charge in [-0.1, -0.05) is 6.58 Å². The summed E-state index contributed by atoms with van der Waals surface area (Å²) in [4.78, 5) is 9.62. The number of hydrogen-bond donors (Lipinski definition) is 0. The fourth-order valence-electron chi connectivity index (χ4n) is 3.48. The van der Waals surface area contributed by atoms with E-state index < -0.39 is 0 Å². The highest BCUT2D eigenvalue weighted by molar-refractivity contribution is 5.41. The van der Waals surface area contributed by atoms with Gasteiger partial charge in [0.2, 0.25) is 0 Å². The normalized spacial score (nSPS) is 21.3. The summed E-state index contributed by atoms with van der Waals surface area (Å²) < 4.78 is 4.62. The Morgan fingerprint density at radius 2 is 2.00 bits per heavy atom. The average Bonchev–Trinajstić information content (AvgIpc) is 3.09. The van der Waals surface area contributed by atoms with Crippen LogP contribution in [0.15, 0.2) is 19.0 Å². The fraction of sp³-hybridized carbons (Fsp3) is 0.500. The van der Waals surface area contributed by atoms with E-state index in [1.54, 1.807) is 0 Å². The second-order valence-electron chi connectivity index (χ2n) is 5.85. The van der Waals surface area contributed by atoms with Crippen LogP contribution in [-0.2, 0) is 19.5 Å². The van der Waals surface area contributed by atoms with E-state index in [-0.39, 0.29) is 0 Å². The Kier molecular flexibility index (Phi) is 2.76. The summed E-state index contributed by atoms with van der Waals surface area (Å²) >= 11 is 0. The zero-order valence-electron chi connectivity index (χ0n) is 11.8. The van der Waals surface area contributed by atoms with Gasteiger partial charge in [0.1, 0.15) is 11.6 Å². The molecule has 2 aliphatic heterocycles. The zero-order valence-corrected chi connectivity index (χ0v) is 11.8. The number of rotatable bonds is 2. The Hall–Kier alpha value is -1.84. The quantitative estimate of drug-likeness (QED) is 0.839. The van der Waals surface area contributed by atoms with Crippen molar-refractivity contribution >= 4 is 6.08 Å². The molecule has 0 amide bonds. The third-order valence-electron chi connectivity index (χ3n) is 4.52. The lowest BCUT2D eigenvalue weighted by Crippen LogP contribution is -2.16. The minimum Gasteiger partial charge on any atom is -0.335 e. The van der Waals surface area contributed by atoms with Gasteiger partial charge in [-0.05, 0) is 31.8 Å². The molecule has 2 aliphatic rings. The summed E-state index contributed by atoms with van der Waals surface area (Å²) in [7, 11) is 0. The number of aromatic nitrogens is 4. The molecule has 4 heteroatoms. The van der Waals surface area contributed by atoms with Gasteiger partial charge >= 0.3 is 0 Å². The number of nitrogens with zero attached hydrogens (tertiary/aromatic N) is 4. The molecule has 1 unspecified atom stereocenters. The zero-order chi connectivity index (χ0) is 13.5. The van der Waals surface area contributed by atoms with Crippen molar-refractivity contribution in [2.45, 2.75) is 51.1 Å². The van der Waals surface area contributed by atoms with E-state index in [4.69, 9.17) is 9.97 Å². The van der Waals surface area contributed by atoms with E-state index in [0.717, 1.165) is 31.6 Å². The van der Waals surface area contributed by atoms with E-state index in [1.807, 2.05) is 6.08 Å². The molecule has 0 aromatic carbocycles. The second-order valence-corrected chi connectivity index (χ2v) is 5.85. The van der Waals surface area contributed by atoms with Crippen molar-refractivity contribution < 1.29 is 0 Å². The van der Waals surface area contributed by atoms with E-state index in [1.165, 1.54) is 36.6 Å². The van der Waals surface area contributed by atoms with Gasteiger partial charge in [-0.3, -0.25) is 0 Å². The molecule has 4 rings (SSSR count). The van der Waals surface area contributed by atoms with Crippen molar-refractivity contribution in [3.8, 4) is 0 Å². The van der Waals surface area contributed by atoms with Gasteiger partial charge in [0.15, 0.2) is 0 Å². The van der Waals surface area contributed by atoms with Crippen LogP contribution in [0.25, 0.3) is 6.08 Å². The van der Waals surface area contributed by atoms with Gasteiger partial charge in [-0.2, -0.15) is 0 Å². The first kappa shape index (κ1) is 11.9. The molecule has 4 nitrogen and oxygen atoms in total. The molecule has 2 aromatic heterocycles. The van der Waals surface area contributed by atoms with Crippen LogP contribution < -0.4 is 0 Å². The number of imidazole rings is 2. The lowest BCUT2D eigenvalue weighted by Gasteiger charge is -2.21. The number of fused-ring (bicyclic) bond motifs is 2. The maximum absolute atomic E-state index is 4.89. The first-order valence-corrected chi connectivity index (χ1v) is 7.60. The summed E-state index contributed by atoms with van der Waals surface area (Å²) in [5.74, 6) is 2.79. The summed E-state index contributed by atoms with van der Waals surface area (Å²) in [5, 5.41) is 0. The third kappa shape index (κ3) is 1.82. The van der Waals surface area contributed by atoms with Gasteiger partial charge in [0.05, 0.1) is 17.3 Å². The highest BCUT2D eigenvalue weighted by atomic mass is 15.1. The lowest BCUT2D eigenvalue weighted by molar-refractivity contribution is 0.475. The van der Waals surface area contributed by atoms with Crippen molar-refractivity contribution in [2.75, 3.05) is 0 Å². The Balaban J connectivity index is 1.74. The molecule has 0 spiro atoms.